The molecule has 1 fully saturated rings. The topological polar surface area (TPSA) is 12.0 Å². The zero-order chi connectivity index (χ0) is 13.1. The van der Waals surface area contributed by atoms with Crippen molar-refractivity contribution in [1.82, 2.24) is 5.32 Å². The first-order valence-corrected chi connectivity index (χ1v) is 9.14. The first kappa shape index (κ1) is 13.5. The minimum Gasteiger partial charge on any atom is -0.309 e. The Morgan fingerprint density at radius 2 is 2.32 bits per heavy atom. The Kier molecular flexibility index (Phi) is 4.46. The van der Waals surface area contributed by atoms with E-state index in [0.717, 1.165) is 11.8 Å². The Morgan fingerprint density at radius 3 is 3.11 bits per heavy atom. The highest BCUT2D eigenvalue weighted by Crippen LogP contribution is 2.39. The molecule has 3 heteroatoms. The van der Waals surface area contributed by atoms with Gasteiger partial charge in [-0.25, -0.2) is 0 Å². The maximum Gasteiger partial charge on any atom is 0.0454 e. The molecule has 1 nitrogen and oxygen atoms in total. The van der Waals surface area contributed by atoms with Crippen LogP contribution in [0, 0.1) is 0 Å². The summed E-state index contributed by atoms with van der Waals surface area (Å²) in [4.78, 5) is 0. The average Bonchev–Trinajstić information content (AvgIpc) is 3.10. The number of nitrogens with one attached hydrogen (secondary N) is 1. The third-order valence-corrected chi connectivity index (χ3v) is 6.24. The predicted molar refractivity (Wildman–Crippen MR) is 88.3 cm³/mol. The Balaban J connectivity index is 1.95. The fourth-order valence-electron chi connectivity index (χ4n) is 2.87. The monoisotopic (exact) mass is 291 g/mol. The van der Waals surface area contributed by atoms with Crippen LogP contribution in [-0.2, 0) is 0 Å². The molecule has 1 aliphatic heterocycles. The highest BCUT2D eigenvalue weighted by atomic mass is 32.2. The lowest BCUT2D eigenvalue weighted by molar-refractivity contribution is 0.506. The van der Waals surface area contributed by atoms with Crippen LogP contribution in [0.5, 0.6) is 0 Å². The molecule has 0 spiro atoms. The van der Waals surface area contributed by atoms with E-state index in [9.17, 15) is 0 Å². The van der Waals surface area contributed by atoms with Gasteiger partial charge >= 0.3 is 0 Å². The predicted octanol–water partition coefficient (Wildman–Crippen LogP) is 4.84. The quantitative estimate of drug-likeness (QED) is 0.846. The molecule has 0 radical (unpaired) electrons. The summed E-state index contributed by atoms with van der Waals surface area (Å²) in [6.45, 7) is 3.36. The van der Waals surface area contributed by atoms with Crippen molar-refractivity contribution >= 4 is 33.2 Å². The number of thioether (sulfide) groups is 1. The molecule has 0 bridgehead atoms. The highest BCUT2D eigenvalue weighted by Gasteiger charge is 2.27. The van der Waals surface area contributed by atoms with E-state index in [1.807, 2.05) is 11.3 Å². The molecule has 1 aliphatic rings. The maximum atomic E-state index is 3.80. The second kappa shape index (κ2) is 6.29. The molecule has 0 amide bonds. The lowest BCUT2D eigenvalue weighted by Gasteiger charge is -2.25. The zero-order valence-electron chi connectivity index (χ0n) is 11.4. The number of rotatable bonds is 5. The molecule has 1 aromatic carbocycles. The van der Waals surface area contributed by atoms with Crippen LogP contribution < -0.4 is 5.32 Å². The zero-order valence-corrected chi connectivity index (χ0v) is 13.0. The van der Waals surface area contributed by atoms with E-state index in [2.05, 4.69) is 53.6 Å². The molecular formula is C16H21NS2. The summed E-state index contributed by atoms with van der Waals surface area (Å²) in [5.41, 5.74) is 1.51. The molecule has 1 saturated heterocycles. The van der Waals surface area contributed by atoms with Crippen LogP contribution in [0.4, 0.5) is 0 Å². The molecular weight excluding hydrogens is 270 g/mol. The van der Waals surface area contributed by atoms with Crippen LogP contribution in [-0.4, -0.2) is 17.5 Å². The van der Waals surface area contributed by atoms with Gasteiger partial charge in [-0.15, -0.1) is 11.3 Å². The Morgan fingerprint density at radius 1 is 1.37 bits per heavy atom. The van der Waals surface area contributed by atoms with Crippen molar-refractivity contribution in [2.45, 2.75) is 37.5 Å². The van der Waals surface area contributed by atoms with Gasteiger partial charge in [-0.1, -0.05) is 25.1 Å². The number of benzene rings is 1. The summed E-state index contributed by atoms with van der Waals surface area (Å²) in [7, 11) is 0. The summed E-state index contributed by atoms with van der Waals surface area (Å²) < 4.78 is 1.48. The standard InChI is InChI=1S/C16H21NS2/c1-2-9-17-15(14-7-4-10-18-14)13-6-3-5-12-8-11-19-16(12)13/h3,5-6,8,11,14-15,17H,2,4,7,9-10H2,1H3. The minimum atomic E-state index is 0.523. The summed E-state index contributed by atoms with van der Waals surface area (Å²) in [6, 6.07) is 9.53. The van der Waals surface area contributed by atoms with E-state index in [-0.39, 0.29) is 0 Å². The minimum absolute atomic E-state index is 0.523. The summed E-state index contributed by atoms with van der Waals surface area (Å²) in [5, 5.41) is 8.16. The molecule has 3 rings (SSSR count). The first-order chi connectivity index (χ1) is 9.40. The summed E-state index contributed by atoms with van der Waals surface area (Å²) in [5.74, 6) is 1.33. The third kappa shape index (κ3) is 2.83. The van der Waals surface area contributed by atoms with Gasteiger partial charge in [-0.2, -0.15) is 11.8 Å². The Labute approximate surface area is 123 Å². The summed E-state index contributed by atoms with van der Waals surface area (Å²) in [6.07, 6.45) is 3.93. The fraction of sp³-hybridized carbons (Fsp3) is 0.500. The first-order valence-electron chi connectivity index (χ1n) is 7.21. The maximum absolute atomic E-state index is 3.80. The van der Waals surface area contributed by atoms with Crippen molar-refractivity contribution in [3.8, 4) is 0 Å². The van der Waals surface area contributed by atoms with Crippen LogP contribution in [0.15, 0.2) is 29.6 Å². The Hall–Kier alpha value is -0.510. The van der Waals surface area contributed by atoms with Crippen LogP contribution in [0.1, 0.15) is 37.8 Å². The normalized spacial score (nSPS) is 21.0. The molecule has 2 heterocycles. The number of hydrogen-bond acceptors (Lipinski definition) is 3. The second-order valence-electron chi connectivity index (χ2n) is 5.17. The number of thiophene rings is 1. The lowest BCUT2D eigenvalue weighted by atomic mass is 9.99. The van der Waals surface area contributed by atoms with Crippen molar-refractivity contribution in [2.75, 3.05) is 12.3 Å². The van der Waals surface area contributed by atoms with E-state index in [0.29, 0.717) is 6.04 Å². The van der Waals surface area contributed by atoms with Gasteiger partial charge < -0.3 is 5.32 Å². The van der Waals surface area contributed by atoms with Crippen LogP contribution in [0.25, 0.3) is 10.1 Å². The molecule has 19 heavy (non-hydrogen) atoms. The molecule has 1 N–H and O–H groups in total. The highest BCUT2D eigenvalue weighted by molar-refractivity contribution is 8.00. The van der Waals surface area contributed by atoms with Crippen molar-refractivity contribution in [1.29, 1.82) is 0 Å². The van der Waals surface area contributed by atoms with Crippen molar-refractivity contribution < 1.29 is 0 Å². The van der Waals surface area contributed by atoms with Gasteiger partial charge in [0.1, 0.15) is 0 Å². The van der Waals surface area contributed by atoms with Crippen LogP contribution in [0.2, 0.25) is 0 Å². The third-order valence-electron chi connectivity index (χ3n) is 3.80. The van der Waals surface area contributed by atoms with Gasteiger partial charge in [0.05, 0.1) is 0 Å². The van der Waals surface area contributed by atoms with E-state index in [4.69, 9.17) is 0 Å². The Bertz CT molecular complexity index is 528. The van der Waals surface area contributed by atoms with Crippen molar-refractivity contribution in [2.24, 2.45) is 0 Å². The second-order valence-corrected chi connectivity index (χ2v) is 7.43. The molecule has 0 saturated carbocycles. The fourth-order valence-corrected chi connectivity index (χ4v) is 5.23. The summed E-state index contributed by atoms with van der Waals surface area (Å²) >= 11 is 4.03. The number of fused-ring (bicyclic) bond motifs is 1. The molecule has 2 aromatic rings. The van der Waals surface area contributed by atoms with E-state index >= 15 is 0 Å². The van der Waals surface area contributed by atoms with Gasteiger partial charge in [-0.05, 0) is 54.0 Å². The lowest BCUT2D eigenvalue weighted by Crippen LogP contribution is -2.29. The van der Waals surface area contributed by atoms with Crippen molar-refractivity contribution in [3.63, 3.8) is 0 Å². The SMILES string of the molecule is CCCNC(c1cccc2ccsc12)C1CCCS1. The van der Waals surface area contributed by atoms with E-state index < -0.39 is 0 Å². The molecule has 102 valence electrons. The van der Waals surface area contributed by atoms with Crippen molar-refractivity contribution in [3.05, 3.63) is 35.2 Å². The molecule has 0 aliphatic carbocycles. The van der Waals surface area contributed by atoms with Crippen LogP contribution >= 0.6 is 23.1 Å². The van der Waals surface area contributed by atoms with E-state index in [1.54, 1.807) is 0 Å². The van der Waals surface area contributed by atoms with Crippen LogP contribution in [0.3, 0.4) is 0 Å². The molecule has 1 aromatic heterocycles. The van der Waals surface area contributed by atoms with Gasteiger partial charge in [0.15, 0.2) is 0 Å². The van der Waals surface area contributed by atoms with E-state index in [1.165, 1.54) is 40.7 Å². The largest absolute Gasteiger partial charge is 0.309 e. The van der Waals surface area contributed by atoms with Gasteiger partial charge in [0, 0.05) is 16.0 Å². The van der Waals surface area contributed by atoms with Gasteiger partial charge in [-0.3, -0.25) is 0 Å². The average molecular weight is 291 g/mol. The van der Waals surface area contributed by atoms with Gasteiger partial charge in [0.2, 0.25) is 0 Å². The molecule has 2 atom stereocenters. The number of hydrogen-bond donors (Lipinski definition) is 1. The smallest absolute Gasteiger partial charge is 0.0454 e. The van der Waals surface area contributed by atoms with Gasteiger partial charge in [0.25, 0.3) is 0 Å². The molecule has 2 unspecified atom stereocenters.